The molecule has 0 aliphatic heterocycles. The summed E-state index contributed by atoms with van der Waals surface area (Å²) in [6, 6.07) is 14.0. The number of nitrogens with one attached hydrogen (secondary N) is 1. The Bertz CT molecular complexity index is 1180. The number of amides is 1. The maximum atomic E-state index is 13.4. The van der Waals surface area contributed by atoms with Crippen molar-refractivity contribution in [1.82, 2.24) is 0 Å². The summed E-state index contributed by atoms with van der Waals surface area (Å²) >= 11 is 1.02. The van der Waals surface area contributed by atoms with Crippen molar-refractivity contribution >= 4 is 44.6 Å². The largest absolute Gasteiger partial charge is 0.462 e. The van der Waals surface area contributed by atoms with Crippen LogP contribution < -0.4 is 9.62 Å². The first kappa shape index (κ1) is 24.4. The number of nitrogens with zero attached hydrogens (tertiary/aromatic N) is 1. The molecule has 33 heavy (non-hydrogen) atoms. The van der Waals surface area contributed by atoms with Crippen molar-refractivity contribution in [3.63, 3.8) is 0 Å². The predicted octanol–water partition coefficient (Wildman–Crippen LogP) is 4.68. The third-order valence-corrected chi connectivity index (χ3v) is 7.72. The van der Waals surface area contributed by atoms with Gasteiger partial charge in [-0.2, -0.15) is 0 Å². The lowest BCUT2D eigenvalue weighted by Crippen LogP contribution is -2.37. The molecule has 1 aromatic heterocycles. The van der Waals surface area contributed by atoms with Gasteiger partial charge in [0.1, 0.15) is 16.6 Å². The van der Waals surface area contributed by atoms with Crippen LogP contribution >= 0.6 is 11.3 Å². The Morgan fingerprint density at radius 3 is 2.36 bits per heavy atom. The van der Waals surface area contributed by atoms with Crippen molar-refractivity contribution < 1.29 is 27.1 Å². The quantitative estimate of drug-likeness (QED) is 0.329. The smallest absolute Gasteiger partial charge is 0.338 e. The molecule has 0 saturated heterocycles. The standard InChI is InChI=1S/C23H23FN2O5S2/c1-2-3-14-31-23(28)17-6-10-19(11-7-17)25-21(27)16-26(20-12-8-18(24)9-13-20)33(29,30)22-5-4-15-32-22/h4-13,15H,2-3,14,16H2,1H3,(H,25,27). The lowest BCUT2D eigenvalue weighted by molar-refractivity contribution is -0.114. The van der Waals surface area contributed by atoms with Crippen molar-refractivity contribution in [3.8, 4) is 0 Å². The lowest BCUT2D eigenvalue weighted by Gasteiger charge is -2.23. The maximum absolute atomic E-state index is 13.4. The Labute approximate surface area is 195 Å². The van der Waals surface area contributed by atoms with E-state index in [-0.39, 0.29) is 9.90 Å². The van der Waals surface area contributed by atoms with Gasteiger partial charge in [-0.1, -0.05) is 19.4 Å². The van der Waals surface area contributed by atoms with Crippen molar-refractivity contribution in [2.75, 3.05) is 22.8 Å². The van der Waals surface area contributed by atoms with E-state index in [4.69, 9.17) is 4.74 Å². The summed E-state index contributed by atoms with van der Waals surface area (Å²) in [4.78, 5) is 24.7. The average Bonchev–Trinajstić information content (AvgIpc) is 3.35. The van der Waals surface area contributed by atoms with E-state index in [0.717, 1.165) is 40.6 Å². The minimum absolute atomic E-state index is 0.0607. The van der Waals surface area contributed by atoms with E-state index in [2.05, 4.69) is 5.32 Å². The van der Waals surface area contributed by atoms with Gasteiger partial charge in [-0.3, -0.25) is 9.10 Å². The van der Waals surface area contributed by atoms with Crippen LogP contribution in [0.4, 0.5) is 15.8 Å². The average molecular weight is 491 g/mol. The second kappa shape index (κ2) is 11.1. The third kappa shape index (κ3) is 6.39. The molecule has 0 spiro atoms. The second-order valence-corrected chi connectivity index (χ2v) is 10.1. The molecule has 0 aliphatic rings. The van der Waals surface area contributed by atoms with Gasteiger partial charge in [0.05, 0.1) is 17.9 Å². The zero-order valence-corrected chi connectivity index (χ0v) is 19.5. The Morgan fingerprint density at radius 2 is 1.76 bits per heavy atom. The van der Waals surface area contributed by atoms with Gasteiger partial charge < -0.3 is 10.1 Å². The second-order valence-electron chi connectivity index (χ2n) is 7.04. The van der Waals surface area contributed by atoms with Crippen LogP contribution in [0.1, 0.15) is 30.1 Å². The molecule has 10 heteroatoms. The molecule has 1 heterocycles. The van der Waals surface area contributed by atoms with Gasteiger partial charge in [0.25, 0.3) is 10.0 Å². The Hall–Kier alpha value is -3.24. The van der Waals surface area contributed by atoms with E-state index in [1.54, 1.807) is 11.4 Å². The first-order valence-electron chi connectivity index (χ1n) is 10.2. The molecule has 1 N–H and O–H groups in total. The minimum atomic E-state index is -4.03. The molecule has 2 aromatic carbocycles. The molecular formula is C23H23FN2O5S2. The molecule has 3 aromatic rings. The fourth-order valence-corrected chi connectivity index (χ4v) is 5.38. The van der Waals surface area contributed by atoms with Gasteiger partial charge in [0.2, 0.25) is 5.91 Å². The maximum Gasteiger partial charge on any atom is 0.338 e. The van der Waals surface area contributed by atoms with E-state index >= 15 is 0 Å². The summed E-state index contributed by atoms with van der Waals surface area (Å²) in [5, 5.41) is 4.24. The van der Waals surface area contributed by atoms with E-state index in [1.807, 2.05) is 6.92 Å². The van der Waals surface area contributed by atoms with Crippen LogP contribution in [0.5, 0.6) is 0 Å². The summed E-state index contributed by atoms with van der Waals surface area (Å²) < 4.78 is 45.7. The monoisotopic (exact) mass is 490 g/mol. The first-order valence-corrected chi connectivity index (χ1v) is 12.5. The third-order valence-electron chi connectivity index (χ3n) is 4.58. The van der Waals surface area contributed by atoms with Gasteiger partial charge in [-0.15, -0.1) is 11.3 Å². The van der Waals surface area contributed by atoms with E-state index in [9.17, 15) is 22.4 Å². The molecule has 0 aliphatic carbocycles. The molecule has 0 saturated carbocycles. The SMILES string of the molecule is CCCCOC(=O)c1ccc(NC(=O)CN(c2ccc(F)cc2)S(=O)(=O)c2cccs2)cc1. The number of halogens is 1. The number of ether oxygens (including phenoxy) is 1. The van der Waals surface area contributed by atoms with E-state index in [1.165, 1.54) is 42.5 Å². The Morgan fingerprint density at radius 1 is 1.06 bits per heavy atom. The normalized spacial score (nSPS) is 11.1. The van der Waals surface area contributed by atoms with Crippen LogP contribution in [0, 0.1) is 5.82 Å². The number of hydrogen-bond donors (Lipinski definition) is 1. The summed E-state index contributed by atoms with van der Waals surface area (Å²) in [6.07, 6.45) is 1.69. The van der Waals surface area contributed by atoms with Crippen LogP contribution in [-0.2, 0) is 19.6 Å². The van der Waals surface area contributed by atoms with Gasteiger partial charge in [-0.25, -0.2) is 17.6 Å². The van der Waals surface area contributed by atoms with E-state index < -0.39 is 34.3 Å². The van der Waals surface area contributed by atoms with Crippen LogP contribution in [0.2, 0.25) is 0 Å². The number of unbranched alkanes of at least 4 members (excludes halogenated alkanes) is 1. The zero-order chi connectivity index (χ0) is 23.8. The van der Waals surface area contributed by atoms with Gasteiger partial charge in [0, 0.05) is 5.69 Å². The zero-order valence-electron chi connectivity index (χ0n) is 17.9. The highest BCUT2D eigenvalue weighted by Crippen LogP contribution is 2.26. The molecule has 3 rings (SSSR count). The number of benzene rings is 2. The summed E-state index contributed by atoms with van der Waals surface area (Å²) in [6.45, 7) is 1.81. The van der Waals surface area contributed by atoms with Crippen molar-refractivity contribution in [3.05, 3.63) is 77.4 Å². The number of esters is 1. The molecule has 0 unspecified atom stereocenters. The predicted molar refractivity (Wildman–Crippen MR) is 126 cm³/mol. The number of carbonyl (C=O) groups is 2. The number of anilines is 2. The first-order chi connectivity index (χ1) is 15.8. The molecule has 0 bridgehead atoms. The Kier molecular flexibility index (Phi) is 8.18. The number of rotatable bonds is 10. The summed E-state index contributed by atoms with van der Waals surface area (Å²) in [5.74, 6) is -1.58. The highest BCUT2D eigenvalue weighted by Gasteiger charge is 2.28. The summed E-state index contributed by atoms with van der Waals surface area (Å²) in [7, 11) is -4.03. The van der Waals surface area contributed by atoms with Crippen LogP contribution in [0.25, 0.3) is 0 Å². The molecule has 0 fully saturated rings. The number of carbonyl (C=O) groups excluding carboxylic acids is 2. The summed E-state index contributed by atoms with van der Waals surface area (Å²) in [5.41, 5.74) is 0.889. The highest BCUT2D eigenvalue weighted by molar-refractivity contribution is 7.94. The van der Waals surface area contributed by atoms with Gasteiger partial charge in [0.15, 0.2) is 0 Å². The van der Waals surface area contributed by atoms with Crippen LogP contribution in [0.3, 0.4) is 0 Å². The molecular weight excluding hydrogens is 467 g/mol. The van der Waals surface area contributed by atoms with Crippen LogP contribution in [-0.4, -0.2) is 33.4 Å². The Balaban J connectivity index is 1.73. The van der Waals surface area contributed by atoms with Gasteiger partial charge in [-0.05, 0) is 66.4 Å². The number of hydrogen-bond acceptors (Lipinski definition) is 6. The van der Waals surface area contributed by atoms with Crippen LogP contribution in [0.15, 0.2) is 70.3 Å². The van der Waals surface area contributed by atoms with Crippen molar-refractivity contribution in [2.45, 2.75) is 24.0 Å². The fraction of sp³-hybridized carbons (Fsp3) is 0.217. The number of sulfonamides is 1. The highest BCUT2D eigenvalue weighted by atomic mass is 32.2. The topological polar surface area (TPSA) is 92.8 Å². The number of thiophene rings is 1. The molecule has 0 atom stereocenters. The van der Waals surface area contributed by atoms with Crippen molar-refractivity contribution in [1.29, 1.82) is 0 Å². The fourth-order valence-electron chi connectivity index (χ4n) is 2.85. The molecule has 1 amide bonds. The molecule has 7 nitrogen and oxygen atoms in total. The van der Waals surface area contributed by atoms with Crippen molar-refractivity contribution in [2.24, 2.45) is 0 Å². The van der Waals surface area contributed by atoms with E-state index in [0.29, 0.717) is 17.9 Å². The lowest BCUT2D eigenvalue weighted by atomic mass is 10.2. The molecule has 174 valence electrons. The molecule has 0 radical (unpaired) electrons. The minimum Gasteiger partial charge on any atom is -0.462 e. The van der Waals surface area contributed by atoms with Gasteiger partial charge >= 0.3 is 5.97 Å².